The van der Waals surface area contributed by atoms with Crippen LogP contribution in [0.1, 0.15) is 5.56 Å². The lowest BCUT2D eigenvalue weighted by molar-refractivity contribution is 0.597. The van der Waals surface area contributed by atoms with E-state index < -0.39 is 20.0 Å². The second-order valence-corrected chi connectivity index (χ2v) is 9.92. The van der Waals surface area contributed by atoms with Crippen LogP contribution in [0.2, 0.25) is 5.02 Å². The van der Waals surface area contributed by atoms with Crippen LogP contribution in [0.3, 0.4) is 0 Å². The van der Waals surface area contributed by atoms with Crippen LogP contribution in [0.25, 0.3) is 0 Å². The fourth-order valence-electron chi connectivity index (χ4n) is 1.89. The van der Waals surface area contributed by atoms with E-state index in [1.54, 1.807) is 18.2 Å². The summed E-state index contributed by atoms with van der Waals surface area (Å²) < 4.78 is 48.5. The van der Waals surface area contributed by atoms with E-state index in [1.165, 1.54) is 30.0 Å². The minimum absolute atomic E-state index is 0.101. The molecule has 0 aliphatic heterocycles. The second kappa shape index (κ2) is 6.93. The van der Waals surface area contributed by atoms with Gasteiger partial charge in [-0.1, -0.05) is 23.4 Å². The van der Waals surface area contributed by atoms with Crippen LogP contribution in [-0.2, 0) is 20.0 Å². The SMILES string of the molecule is Cc1cc(Cl)ccc1Sc1cc(S(N)(=O)=O)ccc1NS(C)(=O)=O. The standard InChI is InChI=1S/C14H15ClN2O4S3/c1-9-7-10(15)3-6-13(9)22-14-8-11(24(16,20)21)4-5-12(14)17-23(2,18)19/h3-8,17H,1-2H3,(H2,16,20,21). The van der Waals surface area contributed by atoms with E-state index in [2.05, 4.69) is 4.72 Å². The number of sulfonamides is 2. The molecule has 2 aromatic rings. The van der Waals surface area contributed by atoms with E-state index in [4.69, 9.17) is 16.7 Å². The Hall–Kier alpha value is -1.26. The minimum atomic E-state index is -3.91. The van der Waals surface area contributed by atoms with Gasteiger partial charge in [0.15, 0.2) is 0 Å². The molecule has 0 unspecified atom stereocenters. The topological polar surface area (TPSA) is 106 Å². The molecule has 10 heteroatoms. The zero-order valence-corrected chi connectivity index (χ0v) is 16.0. The van der Waals surface area contributed by atoms with Crippen molar-refractivity contribution in [2.75, 3.05) is 11.0 Å². The first kappa shape index (κ1) is 19.1. The number of benzene rings is 2. The molecule has 0 amide bonds. The van der Waals surface area contributed by atoms with Gasteiger partial charge in [-0.15, -0.1) is 0 Å². The highest BCUT2D eigenvalue weighted by atomic mass is 35.5. The molecule has 0 radical (unpaired) electrons. The lowest BCUT2D eigenvalue weighted by Gasteiger charge is -2.13. The zero-order chi connectivity index (χ0) is 18.1. The van der Waals surface area contributed by atoms with Crippen LogP contribution in [-0.4, -0.2) is 23.1 Å². The van der Waals surface area contributed by atoms with Crippen LogP contribution in [0.5, 0.6) is 0 Å². The molecule has 0 bridgehead atoms. The lowest BCUT2D eigenvalue weighted by atomic mass is 10.2. The molecule has 0 heterocycles. The molecule has 3 N–H and O–H groups in total. The molecule has 6 nitrogen and oxygen atoms in total. The van der Waals surface area contributed by atoms with Crippen molar-refractivity contribution in [1.82, 2.24) is 0 Å². The first-order valence-electron chi connectivity index (χ1n) is 6.54. The van der Waals surface area contributed by atoms with Crippen molar-refractivity contribution in [2.45, 2.75) is 21.6 Å². The number of aryl methyl sites for hydroxylation is 1. The van der Waals surface area contributed by atoms with Crippen molar-refractivity contribution in [1.29, 1.82) is 0 Å². The van der Waals surface area contributed by atoms with Gasteiger partial charge in [-0.2, -0.15) is 0 Å². The lowest BCUT2D eigenvalue weighted by Crippen LogP contribution is -2.14. The summed E-state index contributed by atoms with van der Waals surface area (Å²) in [5.41, 5.74) is 1.14. The molecular weight excluding hydrogens is 392 g/mol. The van der Waals surface area contributed by atoms with Gasteiger partial charge < -0.3 is 0 Å². The Morgan fingerprint density at radius 2 is 1.71 bits per heavy atom. The maximum absolute atomic E-state index is 11.6. The molecule has 130 valence electrons. The highest BCUT2D eigenvalue weighted by Gasteiger charge is 2.15. The van der Waals surface area contributed by atoms with Crippen LogP contribution >= 0.6 is 23.4 Å². The van der Waals surface area contributed by atoms with Crippen molar-refractivity contribution in [3.05, 3.63) is 47.0 Å². The summed E-state index contributed by atoms with van der Waals surface area (Å²) >= 11 is 7.14. The van der Waals surface area contributed by atoms with E-state index >= 15 is 0 Å². The van der Waals surface area contributed by atoms with E-state index in [9.17, 15) is 16.8 Å². The Labute approximate surface area is 150 Å². The number of primary sulfonamides is 1. The fraction of sp³-hybridized carbons (Fsp3) is 0.143. The molecule has 24 heavy (non-hydrogen) atoms. The molecule has 0 fully saturated rings. The van der Waals surface area contributed by atoms with Gasteiger partial charge in [0.1, 0.15) is 0 Å². The first-order chi connectivity index (χ1) is 11.0. The Morgan fingerprint density at radius 3 is 2.25 bits per heavy atom. The number of halogens is 1. The third kappa shape index (κ3) is 5.12. The number of hydrogen-bond acceptors (Lipinski definition) is 5. The summed E-state index contributed by atoms with van der Waals surface area (Å²) in [6.07, 6.45) is 1.02. The number of anilines is 1. The number of nitrogens with two attached hydrogens (primary N) is 1. The second-order valence-electron chi connectivity index (χ2n) is 5.09. The van der Waals surface area contributed by atoms with E-state index in [-0.39, 0.29) is 10.6 Å². The predicted octanol–water partition coefficient (Wildman–Crippen LogP) is 2.82. The highest BCUT2D eigenvalue weighted by Crippen LogP contribution is 2.37. The average Bonchev–Trinajstić information content (AvgIpc) is 2.40. The predicted molar refractivity (Wildman–Crippen MR) is 96.6 cm³/mol. The van der Waals surface area contributed by atoms with Gasteiger partial charge in [0.2, 0.25) is 20.0 Å². The third-order valence-corrected chi connectivity index (χ3v) is 5.91. The number of rotatable bonds is 5. The minimum Gasteiger partial charge on any atom is -0.283 e. The van der Waals surface area contributed by atoms with Gasteiger partial charge in [-0.3, -0.25) is 4.72 Å². The smallest absolute Gasteiger partial charge is 0.238 e. The average molecular weight is 407 g/mol. The Morgan fingerprint density at radius 1 is 1.04 bits per heavy atom. The summed E-state index contributed by atoms with van der Waals surface area (Å²) in [5.74, 6) is 0. The summed E-state index contributed by atoms with van der Waals surface area (Å²) in [6.45, 7) is 1.85. The Kier molecular flexibility index (Phi) is 5.50. The van der Waals surface area contributed by atoms with Crippen LogP contribution in [0.15, 0.2) is 51.1 Å². The normalized spacial score (nSPS) is 12.2. The molecule has 0 saturated heterocycles. The zero-order valence-electron chi connectivity index (χ0n) is 12.8. The molecule has 0 saturated carbocycles. The van der Waals surface area contributed by atoms with Gasteiger partial charge in [0.05, 0.1) is 16.8 Å². The summed E-state index contributed by atoms with van der Waals surface area (Å²) in [7, 11) is -7.43. The van der Waals surface area contributed by atoms with Gasteiger partial charge in [-0.25, -0.2) is 22.0 Å². The first-order valence-corrected chi connectivity index (χ1v) is 11.2. The van der Waals surface area contributed by atoms with E-state index in [0.717, 1.165) is 16.7 Å². The quantitative estimate of drug-likeness (QED) is 0.793. The van der Waals surface area contributed by atoms with Crippen molar-refractivity contribution in [3.63, 3.8) is 0 Å². The molecule has 0 aliphatic rings. The highest BCUT2D eigenvalue weighted by molar-refractivity contribution is 7.99. The fourth-order valence-corrected chi connectivity index (χ4v) is 4.38. The molecular formula is C14H15ClN2O4S3. The van der Waals surface area contributed by atoms with Crippen molar-refractivity contribution in [3.8, 4) is 0 Å². The van der Waals surface area contributed by atoms with Crippen molar-refractivity contribution >= 4 is 49.1 Å². The Balaban J connectivity index is 2.54. The number of hydrogen-bond donors (Lipinski definition) is 2. The van der Waals surface area contributed by atoms with Gasteiger partial charge in [0.25, 0.3) is 0 Å². The van der Waals surface area contributed by atoms with Crippen molar-refractivity contribution in [2.24, 2.45) is 5.14 Å². The van der Waals surface area contributed by atoms with Gasteiger partial charge in [0, 0.05) is 14.8 Å². The van der Waals surface area contributed by atoms with Gasteiger partial charge in [-0.05, 0) is 48.9 Å². The Bertz CT molecular complexity index is 989. The molecule has 0 aromatic heterocycles. The van der Waals surface area contributed by atoms with E-state index in [1.807, 2.05) is 6.92 Å². The van der Waals surface area contributed by atoms with Crippen molar-refractivity contribution < 1.29 is 16.8 Å². The maximum atomic E-state index is 11.6. The molecule has 0 aliphatic carbocycles. The summed E-state index contributed by atoms with van der Waals surface area (Å²) in [6, 6.07) is 9.19. The van der Waals surface area contributed by atoms with E-state index in [0.29, 0.717) is 9.92 Å². The summed E-state index contributed by atoms with van der Waals surface area (Å²) in [4.78, 5) is 1.12. The largest absolute Gasteiger partial charge is 0.283 e. The van der Waals surface area contributed by atoms with Crippen LogP contribution < -0.4 is 9.86 Å². The number of nitrogens with one attached hydrogen (secondary N) is 1. The van der Waals surface area contributed by atoms with Crippen LogP contribution in [0, 0.1) is 6.92 Å². The van der Waals surface area contributed by atoms with Gasteiger partial charge >= 0.3 is 0 Å². The monoisotopic (exact) mass is 406 g/mol. The molecule has 2 aromatic carbocycles. The molecule has 2 rings (SSSR count). The maximum Gasteiger partial charge on any atom is 0.238 e. The summed E-state index contributed by atoms with van der Waals surface area (Å²) in [5, 5.41) is 5.73. The molecule has 0 spiro atoms. The molecule has 0 atom stereocenters. The van der Waals surface area contributed by atoms with Crippen LogP contribution in [0.4, 0.5) is 5.69 Å². The third-order valence-electron chi connectivity index (χ3n) is 2.93.